The molecule has 3 aliphatic heterocycles. The van der Waals surface area contributed by atoms with E-state index in [-0.39, 0.29) is 0 Å². The van der Waals surface area contributed by atoms with Crippen LogP contribution < -0.4 is 4.74 Å². The van der Waals surface area contributed by atoms with Gasteiger partial charge >= 0.3 is 0 Å². The van der Waals surface area contributed by atoms with Gasteiger partial charge in [-0.25, -0.2) is 0 Å². The molecule has 5 heterocycles. The number of aromatic amines is 1. The van der Waals surface area contributed by atoms with Crippen LogP contribution in [0.5, 0.6) is 5.19 Å². The van der Waals surface area contributed by atoms with E-state index < -0.39 is 0 Å². The molecule has 0 spiro atoms. The third-order valence-electron chi connectivity index (χ3n) is 6.15. The van der Waals surface area contributed by atoms with Crippen molar-refractivity contribution in [3.8, 4) is 15.8 Å². The summed E-state index contributed by atoms with van der Waals surface area (Å²) in [4.78, 5) is 5.86. The van der Waals surface area contributed by atoms with Crippen molar-refractivity contribution < 1.29 is 4.74 Å². The van der Waals surface area contributed by atoms with Gasteiger partial charge in [-0.3, -0.25) is 0 Å². The second-order valence-corrected chi connectivity index (χ2v) is 8.75. The van der Waals surface area contributed by atoms with E-state index in [1.54, 1.807) is 11.3 Å². The normalized spacial score (nSPS) is 33.2. The number of hydrogen-bond donors (Lipinski definition) is 1. The lowest BCUT2D eigenvalue weighted by Gasteiger charge is -2.54. The average molecular weight is 352 g/mol. The molecule has 6 heteroatoms. The number of H-pyrrole nitrogens is 1. The first-order valence-electron chi connectivity index (χ1n) is 9.12. The van der Waals surface area contributed by atoms with E-state index in [2.05, 4.69) is 44.3 Å². The van der Waals surface area contributed by atoms with Crippen molar-refractivity contribution in [2.75, 3.05) is 19.6 Å². The van der Waals surface area contributed by atoms with Gasteiger partial charge in [0.05, 0.1) is 0 Å². The van der Waals surface area contributed by atoms with E-state index in [1.807, 2.05) is 6.20 Å². The Labute approximate surface area is 150 Å². The van der Waals surface area contributed by atoms with Gasteiger partial charge in [-0.2, -0.15) is 0 Å². The first-order chi connectivity index (χ1) is 12.3. The lowest BCUT2D eigenvalue weighted by molar-refractivity contribution is -0.0986. The molecule has 3 aromatic rings. The number of piperidine rings is 3. The monoisotopic (exact) mass is 352 g/mol. The first kappa shape index (κ1) is 14.3. The Hall–Kier alpha value is -1.92. The highest BCUT2D eigenvalue weighted by Crippen LogP contribution is 2.45. The van der Waals surface area contributed by atoms with Crippen molar-refractivity contribution in [3.63, 3.8) is 0 Å². The van der Waals surface area contributed by atoms with E-state index in [4.69, 9.17) is 4.74 Å². The fourth-order valence-electron chi connectivity index (χ4n) is 5.23. The Balaban J connectivity index is 1.25. The number of hydrogen-bond acceptors (Lipinski definition) is 5. The van der Waals surface area contributed by atoms with Gasteiger partial charge in [0, 0.05) is 54.1 Å². The van der Waals surface area contributed by atoms with Crippen molar-refractivity contribution in [2.24, 2.45) is 17.8 Å². The zero-order valence-electron chi connectivity index (χ0n) is 13.9. The third kappa shape index (κ3) is 2.31. The predicted molar refractivity (Wildman–Crippen MR) is 97.8 cm³/mol. The van der Waals surface area contributed by atoms with Crippen LogP contribution in [0, 0.1) is 17.8 Å². The highest BCUT2D eigenvalue weighted by molar-refractivity contribution is 7.16. The molecule has 1 N–H and O–H groups in total. The molecule has 5 nitrogen and oxygen atoms in total. The van der Waals surface area contributed by atoms with Gasteiger partial charge in [-0.15, -0.1) is 5.10 Å². The van der Waals surface area contributed by atoms with Gasteiger partial charge in [0.15, 0.2) is 5.01 Å². The summed E-state index contributed by atoms with van der Waals surface area (Å²) in [6, 6.07) is 8.44. The summed E-state index contributed by atoms with van der Waals surface area (Å²) in [5, 5.41) is 11.6. The predicted octanol–water partition coefficient (Wildman–Crippen LogP) is 3.41. The summed E-state index contributed by atoms with van der Waals surface area (Å²) >= 11 is 1.57. The molecule has 2 atom stereocenters. The molecule has 2 aromatic heterocycles. The molecule has 0 amide bonds. The molecule has 25 heavy (non-hydrogen) atoms. The van der Waals surface area contributed by atoms with Crippen molar-refractivity contribution in [3.05, 3.63) is 30.5 Å². The average Bonchev–Trinajstić information content (AvgIpc) is 3.26. The minimum absolute atomic E-state index is 0.334. The number of fused-ring (bicyclic) bond motifs is 1. The van der Waals surface area contributed by atoms with Gasteiger partial charge in [0.1, 0.15) is 6.10 Å². The van der Waals surface area contributed by atoms with E-state index in [0.29, 0.717) is 17.9 Å². The van der Waals surface area contributed by atoms with Gasteiger partial charge < -0.3 is 14.6 Å². The molecule has 1 saturated carbocycles. The topological polar surface area (TPSA) is 54.0 Å². The van der Waals surface area contributed by atoms with E-state index in [9.17, 15) is 0 Å². The largest absolute Gasteiger partial charge is 0.465 e. The Morgan fingerprint density at radius 1 is 1.08 bits per heavy atom. The quantitative estimate of drug-likeness (QED) is 0.785. The van der Waals surface area contributed by atoms with Crippen LogP contribution in [0.2, 0.25) is 0 Å². The highest BCUT2D eigenvalue weighted by atomic mass is 32.1. The van der Waals surface area contributed by atoms with Crippen LogP contribution in [0.4, 0.5) is 0 Å². The van der Waals surface area contributed by atoms with Gasteiger partial charge in [0.25, 0.3) is 5.19 Å². The van der Waals surface area contributed by atoms with E-state index in [1.165, 1.54) is 37.9 Å². The molecule has 1 aliphatic carbocycles. The number of aromatic nitrogens is 3. The fraction of sp³-hybridized carbons (Fsp3) is 0.474. The lowest BCUT2D eigenvalue weighted by atomic mass is 9.66. The van der Waals surface area contributed by atoms with Crippen LogP contribution in [-0.2, 0) is 0 Å². The highest BCUT2D eigenvalue weighted by Gasteiger charge is 2.49. The minimum Gasteiger partial charge on any atom is -0.465 e. The number of benzene rings is 1. The van der Waals surface area contributed by atoms with Crippen molar-refractivity contribution in [1.29, 1.82) is 0 Å². The molecule has 1 aromatic carbocycles. The zero-order chi connectivity index (χ0) is 16.4. The molecule has 2 unspecified atom stereocenters. The Morgan fingerprint density at radius 3 is 2.80 bits per heavy atom. The lowest BCUT2D eigenvalue weighted by Crippen LogP contribution is -2.61. The van der Waals surface area contributed by atoms with Crippen LogP contribution in [0.1, 0.15) is 12.8 Å². The standard InChI is InChI=1S/C19H20N4OS/c1-2-16-12(3-4-20-16)7-13(1)18-21-22-19(25-18)24-17-14-5-11-6-15(17)10-23(8-11)9-14/h1-4,7,11,14-15,17,20H,5-6,8-10H2. The maximum atomic E-state index is 6.38. The van der Waals surface area contributed by atoms with E-state index >= 15 is 0 Å². The number of rotatable bonds is 3. The third-order valence-corrected chi connectivity index (χ3v) is 7.01. The number of nitrogens with zero attached hydrogens (tertiary/aromatic N) is 3. The summed E-state index contributed by atoms with van der Waals surface area (Å²) in [7, 11) is 0. The summed E-state index contributed by atoms with van der Waals surface area (Å²) in [6.07, 6.45) is 4.95. The molecule has 7 rings (SSSR count). The second-order valence-electron chi connectivity index (χ2n) is 7.81. The van der Waals surface area contributed by atoms with Crippen LogP contribution in [-0.4, -0.2) is 45.8 Å². The Morgan fingerprint density at radius 2 is 1.96 bits per heavy atom. The van der Waals surface area contributed by atoms with Crippen LogP contribution in [0.3, 0.4) is 0 Å². The minimum atomic E-state index is 0.334. The molecular weight excluding hydrogens is 332 g/mol. The molecule has 128 valence electrons. The Bertz CT molecular complexity index is 904. The molecule has 4 aliphatic rings. The number of ether oxygens (including phenoxy) is 1. The molecule has 3 saturated heterocycles. The maximum absolute atomic E-state index is 6.38. The zero-order valence-corrected chi connectivity index (χ0v) is 14.7. The molecule has 4 fully saturated rings. The van der Waals surface area contributed by atoms with Gasteiger partial charge in [-0.1, -0.05) is 16.4 Å². The molecular formula is C19H20N4OS. The van der Waals surface area contributed by atoms with Gasteiger partial charge in [-0.05, 0) is 43.0 Å². The van der Waals surface area contributed by atoms with Crippen LogP contribution in [0.25, 0.3) is 21.5 Å². The molecule has 4 bridgehead atoms. The summed E-state index contributed by atoms with van der Waals surface area (Å²) in [5.41, 5.74) is 2.25. The van der Waals surface area contributed by atoms with E-state index in [0.717, 1.165) is 27.2 Å². The number of nitrogens with one attached hydrogen (secondary N) is 1. The maximum Gasteiger partial charge on any atom is 0.294 e. The smallest absolute Gasteiger partial charge is 0.294 e. The van der Waals surface area contributed by atoms with Crippen LogP contribution in [0.15, 0.2) is 30.5 Å². The molecule has 0 radical (unpaired) electrons. The Kier molecular flexibility index (Phi) is 3.02. The second kappa shape index (κ2) is 5.29. The van der Waals surface area contributed by atoms with Crippen LogP contribution >= 0.6 is 11.3 Å². The summed E-state index contributed by atoms with van der Waals surface area (Å²) in [6.45, 7) is 3.71. The SMILES string of the molecule is c1cc2cc(-c3nnc(OC4C5CC6CC4CN(C6)C5)s3)ccc2[nH]1. The summed E-state index contributed by atoms with van der Waals surface area (Å²) in [5.74, 6) is 2.25. The first-order valence-corrected chi connectivity index (χ1v) is 9.93. The summed E-state index contributed by atoms with van der Waals surface area (Å²) < 4.78 is 6.38. The van der Waals surface area contributed by atoms with Gasteiger partial charge in [0.2, 0.25) is 0 Å². The fourth-order valence-corrected chi connectivity index (χ4v) is 5.97. The van der Waals surface area contributed by atoms with Crippen molar-refractivity contribution >= 4 is 22.2 Å². The van der Waals surface area contributed by atoms with Crippen molar-refractivity contribution in [2.45, 2.75) is 18.9 Å². The van der Waals surface area contributed by atoms with Crippen molar-refractivity contribution in [1.82, 2.24) is 20.1 Å².